The maximum Gasteiger partial charge on any atom is 0.185 e. The standard InChI is InChI=1S/C37H36Br2N2O6.2Pd/c1-35(21-46-33(40-35)27-17-23(15-16-31(27)44-5)25-11-7-9-13-29(25)42-3)20-36(2)22-47-34(41-36)28-18-24(19-32(38)37(28,39)45-6)26-12-8-10-14-30(26)43-4;;/h7-19,21-22,32H,20H2,1-6H3;;/q-2;;/t32?,35-,36-,37?;;/m1../s1. The number of hydrogen-bond acceptors (Lipinski definition) is 8. The molecule has 0 bridgehead atoms. The Morgan fingerprint density at radius 1 is 0.735 bits per heavy atom. The summed E-state index contributed by atoms with van der Waals surface area (Å²) in [5.74, 6) is 3.12. The van der Waals surface area contributed by atoms with Crippen LogP contribution in [-0.4, -0.2) is 60.7 Å². The van der Waals surface area contributed by atoms with Crippen LogP contribution < -0.4 is 14.2 Å². The van der Waals surface area contributed by atoms with Gasteiger partial charge in [-0.1, -0.05) is 84.7 Å². The molecule has 0 saturated heterocycles. The molecule has 0 fully saturated rings. The number of benzene rings is 3. The van der Waals surface area contributed by atoms with E-state index in [-0.39, 0.29) is 45.7 Å². The third-order valence-corrected chi connectivity index (χ3v) is 11.2. The third kappa shape index (κ3) is 7.82. The van der Waals surface area contributed by atoms with Gasteiger partial charge in [0.25, 0.3) is 0 Å². The van der Waals surface area contributed by atoms with Gasteiger partial charge in [-0.2, -0.15) is 0 Å². The van der Waals surface area contributed by atoms with E-state index < -0.39 is 15.6 Å². The molecule has 0 spiro atoms. The second kappa shape index (κ2) is 16.0. The summed E-state index contributed by atoms with van der Waals surface area (Å²) in [5.41, 5.74) is 3.88. The molecule has 8 nitrogen and oxygen atoms in total. The zero-order chi connectivity index (χ0) is 33.4. The summed E-state index contributed by atoms with van der Waals surface area (Å²) in [7, 11) is 6.62. The fourth-order valence-corrected chi connectivity index (χ4v) is 7.33. The van der Waals surface area contributed by atoms with E-state index in [9.17, 15) is 0 Å². The average molecular weight is 977 g/mol. The number of nitrogens with zero attached hydrogens (tertiary/aromatic N) is 2. The van der Waals surface area contributed by atoms with Crippen LogP contribution in [0.3, 0.4) is 0 Å². The molecule has 0 radical (unpaired) electrons. The number of rotatable bonds is 10. The average Bonchev–Trinajstić information content (AvgIpc) is 3.67. The Bertz CT molecular complexity index is 1820. The van der Waals surface area contributed by atoms with E-state index in [1.54, 1.807) is 41.7 Å². The van der Waals surface area contributed by atoms with Crippen molar-refractivity contribution in [1.29, 1.82) is 0 Å². The maximum absolute atomic E-state index is 6.22. The minimum Gasteiger partial charge on any atom is -0.647 e. The van der Waals surface area contributed by atoms with Gasteiger partial charge in [-0.15, -0.1) is 13.2 Å². The third-order valence-electron chi connectivity index (χ3n) is 8.42. The van der Waals surface area contributed by atoms with Gasteiger partial charge in [0, 0.05) is 59.1 Å². The van der Waals surface area contributed by atoms with Crippen LogP contribution in [-0.2, 0) is 55.1 Å². The molecule has 0 amide bonds. The first-order chi connectivity index (χ1) is 22.5. The van der Waals surface area contributed by atoms with Crippen LogP contribution in [0.15, 0.2) is 94.4 Å². The summed E-state index contributed by atoms with van der Waals surface area (Å²) in [5, 5.41) is 0. The smallest absolute Gasteiger partial charge is 0.185 e. The van der Waals surface area contributed by atoms with Gasteiger partial charge in [0.1, 0.15) is 17.2 Å². The number of aliphatic imine (C=N–C) groups is 2. The largest absolute Gasteiger partial charge is 0.647 e. The number of hydrogen-bond donors (Lipinski definition) is 0. The molecule has 0 aromatic heterocycles. The molecule has 12 heteroatoms. The summed E-state index contributed by atoms with van der Waals surface area (Å²) < 4.78 is 34.4. The van der Waals surface area contributed by atoms with E-state index in [1.807, 2.05) is 86.7 Å². The van der Waals surface area contributed by atoms with Crippen LogP contribution in [0.4, 0.5) is 0 Å². The van der Waals surface area contributed by atoms with Gasteiger partial charge in [0.15, 0.2) is 16.3 Å². The molecule has 0 N–H and O–H groups in total. The zero-order valence-corrected chi connectivity index (χ0v) is 34.0. The number of allylic oxidation sites excluding steroid dienone is 2. The van der Waals surface area contributed by atoms with Crippen LogP contribution in [0.1, 0.15) is 31.4 Å². The Labute approximate surface area is 332 Å². The predicted molar refractivity (Wildman–Crippen MR) is 192 cm³/mol. The fourth-order valence-electron chi connectivity index (χ4n) is 6.19. The maximum atomic E-state index is 6.22. The molecule has 3 aliphatic rings. The Morgan fingerprint density at radius 2 is 1.27 bits per heavy atom. The molecule has 2 unspecified atom stereocenters. The second-order valence-electron chi connectivity index (χ2n) is 11.9. The summed E-state index contributed by atoms with van der Waals surface area (Å²) in [6.07, 6.45) is 4.59. The molecular weight excluding hydrogens is 941 g/mol. The molecule has 266 valence electrons. The second-order valence-corrected chi connectivity index (χ2v) is 14.1. The topological polar surface area (TPSA) is 80.1 Å². The predicted octanol–water partition coefficient (Wildman–Crippen LogP) is 8.34. The molecule has 0 saturated carbocycles. The first-order valence-corrected chi connectivity index (χ1v) is 16.8. The Kier molecular flexibility index (Phi) is 12.9. The van der Waals surface area contributed by atoms with Gasteiger partial charge in [0.2, 0.25) is 0 Å². The van der Waals surface area contributed by atoms with Crippen LogP contribution in [0, 0.1) is 13.2 Å². The monoisotopic (exact) mass is 974 g/mol. The van der Waals surface area contributed by atoms with Crippen molar-refractivity contribution < 1.29 is 69.3 Å². The van der Waals surface area contributed by atoms with E-state index in [0.29, 0.717) is 24.0 Å². The molecule has 6 rings (SSSR count). The Hall–Kier alpha value is -2.28. The van der Waals surface area contributed by atoms with Crippen LogP contribution in [0.5, 0.6) is 17.2 Å². The molecule has 1 aliphatic carbocycles. The van der Waals surface area contributed by atoms with Gasteiger partial charge in [-0.25, -0.2) is 0 Å². The Balaban J connectivity index is 0.00000270. The zero-order valence-electron chi connectivity index (χ0n) is 27.7. The van der Waals surface area contributed by atoms with Gasteiger partial charge >= 0.3 is 0 Å². The van der Waals surface area contributed by atoms with E-state index in [4.69, 9.17) is 38.4 Å². The van der Waals surface area contributed by atoms with E-state index in [1.165, 1.54) is 0 Å². The van der Waals surface area contributed by atoms with Crippen molar-refractivity contribution in [2.45, 2.75) is 40.7 Å². The fraction of sp³-hybridized carbons (Fsp3) is 0.297. The molecule has 3 aromatic carbocycles. The van der Waals surface area contributed by atoms with Gasteiger partial charge in [0.05, 0.1) is 37.3 Å². The summed E-state index contributed by atoms with van der Waals surface area (Å²) in [4.78, 5) is 9.92. The van der Waals surface area contributed by atoms with Crippen molar-refractivity contribution in [2.24, 2.45) is 9.98 Å². The van der Waals surface area contributed by atoms with Crippen LogP contribution >= 0.6 is 31.9 Å². The van der Waals surface area contributed by atoms with E-state index >= 15 is 0 Å². The molecule has 4 atom stereocenters. The minimum atomic E-state index is -0.919. The SMILES string of the molecule is COc1ccccc1C1=CC(Br)C(Br)(OC)C(C2=N[C@](C)(C[C@]3(C)[CH-]OC(c4cc(-c5ccccc5OC)ccc4OC)=N3)[CH-]O2)=C1.[Pd].[Pd]. The molecular formula is C37H36Br2N2O6Pd2-2. The van der Waals surface area contributed by atoms with Crippen molar-refractivity contribution in [2.75, 3.05) is 28.4 Å². The summed E-state index contributed by atoms with van der Waals surface area (Å²) >= 11 is 7.64. The number of para-hydroxylation sites is 2. The summed E-state index contributed by atoms with van der Waals surface area (Å²) in [6, 6.07) is 21.7. The number of halogens is 2. The van der Waals surface area contributed by atoms with Crippen LogP contribution in [0.2, 0.25) is 0 Å². The first-order valence-electron chi connectivity index (χ1n) is 15.0. The van der Waals surface area contributed by atoms with Gasteiger partial charge < -0.3 is 28.4 Å². The van der Waals surface area contributed by atoms with Gasteiger partial charge in [-0.05, 0) is 68.5 Å². The van der Waals surface area contributed by atoms with E-state index in [0.717, 1.165) is 44.9 Å². The molecule has 3 aromatic rings. The molecule has 2 heterocycles. The minimum absolute atomic E-state index is 0. The number of methoxy groups -OCH3 is 4. The van der Waals surface area contributed by atoms with E-state index in [2.05, 4.69) is 37.9 Å². The summed E-state index contributed by atoms with van der Waals surface area (Å²) in [6.45, 7) is 7.55. The van der Waals surface area contributed by atoms with Crippen molar-refractivity contribution in [3.8, 4) is 28.4 Å². The van der Waals surface area contributed by atoms with Crippen molar-refractivity contribution in [3.63, 3.8) is 0 Å². The number of alkyl halides is 2. The van der Waals surface area contributed by atoms with Crippen LogP contribution in [0.25, 0.3) is 16.7 Å². The number of ether oxygens (including phenoxy) is 6. The molecule has 49 heavy (non-hydrogen) atoms. The van der Waals surface area contributed by atoms with Crippen molar-refractivity contribution in [1.82, 2.24) is 0 Å². The van der Waals surface area contributed by atoms with Gasteiger partial charge in [-0.3, -0.25) is 9.98 Å². The quantitative estimate of drug-likeness (QED) is 0.116. The normalized spacial score (nSPS) is 25.7. The first kappa shape index (κ1) is 39.5. The van der Waals surface area contributed by atoms with Crippen molar-refractivity contribution >= 4 is 49.2 Å². The van der Waals surface area contributed by atoms with Crippen molar-refractivity contribution in [3.05, 3.63) is 109 Å². The Morgan fingerprint density at radius 3 is 1.88 bits per heavy atom. The molecule has 2 aliphatic heterocycles.